The van der Waals surface area contributed by atoms with E-state index in [1.165, 1.54) is 24.2 Å². The van der Waals surface area contributed by atoms with Gasteiger partial charge in [-0.05, 0) is 43.0 Å². The van der Waals surface area contributed by atoms with Crippen molar-refractivity contribution in [2.75, 3.05) is 32.8 Å². The van der Waals surface area contributed by atoms with Crippen molar-refractivity contribution in [1.82, 2.24) is 19.2 Å². The van der Waals surface area contributed by atoms with Crippen LogP contribution in [0.4, 0.5) is 0 Å². The number of hydrogen-bond donors (Lipinski definition) is 0. The van der Waals surface area contributed by atoms with Gasteiger partial charge in [-0.25, -0.2) is 4.98 Å². The molecule has 1 aliphatic carbocycles. The standard InChI is InChI=1S/C22H24N4O3S/c27-20-13-18(23-22-26(20)11-12-30-22)14-24-7-9-25(10-8-24)21(28)17-3-5-19(6-4-17)29-15-16-1-2-16/h3-6,11-13,16H,1-2,7-10,14-15H2. The highest BCUT2D eigenvalue weighted by Gasteiger charge is 2.24. The Hall–Kier alpha value is -2.71. The molecule has 3 aromatic rings. The number of thiazole rings is 1. The van der Waals surface area contributed by atoms with Crippen molar-refractivity contribution in [3.63, 3.8) is 0 Å². The Bertz CT molecular complexity index is 1100. The zero-order chi connectivity index (χ0) is 20.5. The molecule has 30 heavy (non-hydrogen) atoms. The number of aromatic nitrogens is 2. The third-order valence-electron chi connectivity index (χ3n) is 5.69. The molecule has 7 nitrogen and oxygen atoms in total. The first-order chi connectivity index (χ1) is 14.7. The molecule has 0 spiro atoms. The highest BCUT2D eigenvalue weighted by molar-refractivity contribution is 7.15. The molecule has 2 aliphatic rings. The molecule has 156 valence electrons. The zero-order valence-corrected chi connectivity index (χ0v) is 17.5. The molecule has 8 heteroatoms. The summed E-state index contributed by atoms with van der Waals surface area (Å²) in [5, 5.41) is 1.86. The number of rotatable bonds is 6. The van der Waals surface area contributed by atoms with Crippen molar-refractivity contribution in [1.29, 1.82) is 0 Å². The first kappa shape index (κ1) is 19.3. The lowest BCUT2D eigenvalue weighted by Crippen LogP contribution is -2.48. The summed E-state index contributed by atoms with van der Waals surface area (Å²) < 4.78 is 7.31. The fourth-order valence-electron chi connectivity index (χ4n) is 3.68. The van der Waals surface area contributed by atoms with Gasteiger partial charge in [0, 0.05) is 55.9 Å². The van der Waals surface area contributed by atoms with Gasteiger partial charge in [-0.3, -0.25) is 18.9 Å². The largest absolute Gasteiger partial charge is 0.493 e. The maximum atomic E-state index is 12.8. The molecule has 5 rings (SSSR count). The fourth-order valence-corrected chi connectivity index (χ4v) is 4.42. The summed E-state index contributed by atoms with van der Waals surface area (Å²) in [6.45, 7) is 4.26. The Morgan fingerprint density at radius 1 is 1.13 bits per heavy atom. The van der Waals surface area contributed by atoms with Crippen LogP contribution in [0.5, 0.6) is 5.75 Å². The summed E-state index contributed by atoms with van der Waals surface area (Å²) in [7, 11) is 0. The van der Waals surface area contributed by atoms with Gasteiger partial charge in [0.15, 0.2) is 4.96 Å². The van der Waals surface area contributed by atoms with E-state index in [2.05, 4.69) is 9.88 Å². The van der Waals surface area contributed by atoms with Gasteiger partial charge in [-0.1, -0.05) is 0 Å². The summed E-state index contributed by atoms with van der Waals surface area (Å²) in [6.07, 6.45) is 4.27. The minimum atomic E-state index is -0.0466. The molecule has 2 aromatic heterocycles. The number of fused-ring (bicyclic) bond motifs is 1. The number of ether oxygens (including phenoxy) is 1. The van der Waals surface area contributed by atoms with E-state index in [0.29, 0.717) is 31.1 Å². The molecular formula is C22H24N4O3S. The molecule has 3 heterocycles. The first-order valence-corrected chi connectivity index (χ1v) is 11.2. The Balaban J connectivity index is 1.15. The average molecular weight is 425 g/mol. The SMILES string of the molecule is O=C(c1ccc(OCC2CC2)cc1)N1CCN(Cc2cc(=O)n3ccsc3n2)CC1. The van der Waals surface area contributed by atoms with Crippen molar-refractivity contribution in [2.24, 2.45) is 5.92 Å². The maximum absolute atomic E-state index is 12.8. The van der Waals surface area contributed by atoms with Gasteiger partial charge < -0.3 is 9.64 Å². The number of carbonyl (C=O) groups is 1. The van der Waals surface area contributed by atoms with Crippen molar-refractivity contribution in [3.05, 3.63) is 63.5 Å². The van der Waals surface area contributed by atoms with Crippen molar-refractivity contribution < 1.29 is 9.53 Å². The molecular weight excluding hydrogens is 400 g/mol. The van der Waals surface area contributed by atoms with Gasteiger partial charge in [0.05, 0.1) is 12.3 Å². The number of hydrogen-bond acceptors (Lipinski definition) is 6. The Kier molecular flexibility index (Phi) is 5.26. The quantitative estimate of drug-likeness (QED) is 0.608. The Labute approximate surface area is 178 Å². The third-order valence-corrected chi connectivity index (χ3v) is 6.44. The Morgan fingerprint density at radius 3 is 2.63 bits per heavy atom. The molecule has 2 fully saturated rings. The number of nitrogens with zero attached hydrogens (tertiary/aromatic N) is 4. The molecule has 0 unspecified atom stereocenters. The monoisotopic (exact) mass is 424 g/mol. The van der Waals surface area contributed by atoms with Gasteiger partial charge in [-0.2, -0.15) is 0 Å². The van der Waals surface area contributed by atoms with E-state index >= 15 is 0 Å². The molecule has 0 radical (unpaired) electrons. The second-order valence-corrected chi connectivity index (χ2v) is 8.86. The van der Waals surface area contributed by atoms with Crippen LogP contribution in [0.25, 0.3) is 4.96 Å². The lowest BCUT2D eigenvalue weighted by molar-refractivity contribution is 0.0627. The third kappa shape index (κ3) is 4.24. The second-order valence-electron chi connectivity index (χ2n) is 7.99. The molecule has 0 bridgehead atoms. The first-order valence-electron chi connectivity index (χ1n) is 10.4. The Morgan fingerprint density at radius 2 is 1.90 bits per heavy atom. The van der Waals surface area contributed by atoms with E-state index in [4.69, 9.17) is 4.74 Å². The van der Waals surface area contributed by atoms with Crippen LogP contribution in [0, 0.1) is 5.92 Å². The van der Waals surface area contributed by atoms with Crippen molar-refractivity contribution in [3.8, 4) is 5.75 Å². The molecule has 0 atom stereocenters. The maximum Gasteiger partial charge on any atom is 0.258 e. The van der Waals surface area contributed by atoms with Gasteiger partial charge in [-0.15, -0.1) is 11.3 Å². The van der Waals surface area contributed by atoms with Gasteiger partial charge in [0.1, 0.15) is 5.75 Å². The summed E-state index contributed by atoms with van der Waals surface area (Å²) >= 11 is 1.46. The average Bonchev–Trinajstić information content (AvgIpc) is 3.48. The summed E-state index contributed by atoms with van der Waals surface area (Å²) in [4.78, 5) is 34.4. The zero-order valence-electron chi connectivity index (χ0n) is 16.7. The smallest absolute Gasteiger partial charge is 0.258 e. The minimum Gasteiger partial charge on any atom is -0.493 e. The van der Waals surface area contributed by atoms with Crippen LogP contribution in [0.1, 0.15) is 28.9 Å². The van der Waals surface area contributed by atoms with E-state index in [1.54, 1.807) is 16.7 Å². The highest BCUT2D eigenvalue weighted by Crippen LogP contribution is 2.29. The van der Waals surface area contributed by atoms with Crippen molar-refractivity contribution in [2.45, 2.75) is 19.4 Å². The topological polar surface area (TPSA) is 67.2 Å². The van der Waals surface area contributed by atoms with Crippen LogP contribution in [0.2, 0.25) is 0 Å². The van der Waals surface area contributed by atoms with E-state index in [1.807, 2.05) is 34.5 Å². The number of amides is 1. The second kappa shape index (κ2) is 8.20. The number of piperazine rings is 1. The molecule has 1 saturated heterocycles. The summed E-state index contributed by atoms with van der Waals surface area (Å²) in [5.74, 6) is 1.60. The van der Waals surface area contributed by atoms with Gasteiger partial charge in [0.2, 0.25) is 0 Å². The lowest BCUT2D eigenvalue weighted by atomic mass is 10.1. The number of benzene rings is 1. The van der Waals surface area contributed by atoms with E-state index < -0.39 is 0 Å². The normalized spacial score (nSPS) is 17.4. The molecule has 1 amide bonds. The van der Waals surface area contributed by atoms with Crippen LogP contribution in [-0.2, 0) is 6.54 Å². The van der Waals surface area contributed by atoms with Gasteiger partial charge in [0.25, 0.3) is 11.5 Å². The summed E-state index contributed by atoms with van der Waals surface area (Å²) in [5.41, 5.74) is 1.43. The summed E-state index contributed by atoms with van der Waals surface area (Å²) in [6, 6.07) is 9.08. The predicted octanol–water partition coefficient (Wildman–Crippen LogP) is 2.50. The van der Waals surface area contributed by atoms with Crippen LogP contribution < -0.4 is 10.3 Å². The van der Waals surface area contributed by atoms with Crippen LogP contribution in [0.3, 0.4) is 0 Å². The van der Waals surface area contributed by atoms with E-state index in [0.717, 1.165) is 36.1 Å². The lowest BCUT2D eigenvalue weighted by Gasteiger charge is -2.34. The molecule has 0 N–H and O–H groups in total. The van der Waals surface area contributed by atoms with Gasteiger partial charge >= 0.3 is 0 Å². The van der Waals surface area contributed by atoms with E-state index in [9.17, 15) is 9.59 Å². The molecule has 1 aromatic carbocycles. The van der Waals surface area contributed by atoms with Crippen LogP contribution in [-0.4, -0.2) is 57.9 Å². The minimum absolute atomic E-state index is 0.0466. The predicted molar refractivity (Wildman–Crippen MR) is 115 cm³/mol. The van der Waals surface area contributed by atoms with Crippen LogP contribution >= 0.6 is 11.3 Å². The molecule has 1 aliphatic heterocycles. The number of carbonyl (C=O) groups excluding carboxylic acids is 1. The highest BCUT2D eigenvalue weighted by atomic mass is 32.1. The molecule has 1 saturated carbocycles. The van der Waals surface area contributed by atoms with Crippen LogP contribution in [0.15, 0.2) is 46.7 Å². The van der Waals surface area contributed by atoms with E-state index in [-0.39, 0.29) is 11.5 Å². The fraction of sp³-hybridized carbons (Fsp3) is 0.409. The van der Waals surface area contributed by atoms with Crippen molar-refractivity contribution >= 4 is 22.2 Å².